The van der Waals surface area contributed by atoms with Crippen molar-refractivity contribution in [2.24, 2.45) is 5.92 Å². The summed E-state index contributed by atoms with van der Waals surface area (Å²) in [6.07, 6.45) is 2.47. The van der Waals surface area contributed by atoms with Gasteiger partial charge in [-0.15, -0.1) is 0 Å². The molecule has 1 saturated heterocycles. The average Bonchev–Trinajstić information content (AvgIpc) is 2.32. The number of likely N-dealkylation sites (tertiary alicyclic amines) is 1. The Morgan fingerprint density at radius 2 is 2.06 bits per heavy atom. The molecule has 1 heterocycles. The van der Waals surface area contributed by atoms with Gasteiger partial charge < -0.3 is 10.2 Å². The van der Waals surface area contributed by atoms with Gasteiger partial charge in [0.2, 0.25) is 0 Å². The van der Waals surface area contributed by atoms with Gasteiger partial charge in [-0.2, -0.15) is 0 Å². The molecule has 0 unspecified atom stereocenters. The molecule has 3 heteroatoms. The van der Waals surface area contributed by atoms with Gasteiger partial charge >= 0.3 is 0 Å². The summed E-state index contributed by atoms with van der Waals surface area (Å²) in [5.41, 5.74) is 2.04. The molecule has 0 spiro atoms. The summed E-state index contributed by atoms with van der Waals surface area (Å²) in [4.78, 5) is 2.37. The van der Waals surface area contributed by atoms with E-state index in [2.05, 4.69) is 17.3 Å². The fraction of sp³-hybridized carbons (Fsp3) is 0.571. The van der Waals surface area contributed by atoms with E-state index in [-0.39, 0.29) is 5.82 Å². The van der Waals surface area contributed by atoms with Crippen LogP contribution in [0.2, 0.25) is 0 Å². The summed E-state index contributed by atoms with van der Waals surface area (Å²) in [5, 5.41) is 3.38. The average molecular weight is 236 g/mol. The van der Waals surface area contributed by atoms with Crippen LogP contribution in [0.3, 0.4) is 0 Å². The Bertz CT molecular complexity index is 370. The Morgan fingerprint density at radius 1 is 1.35 bits per heavy atom. The molecule has 0 saturated carbocycles. The van der Waals surface area contributed by atoms with Crippen LogP contribution in [0, 0.1) is 18.7 Å². The molecule has 0 bridgehead atoms. The highest BCUT2D eigenvalue weighted by Crippen LogP contribution is 2.20. The lowest BCUT2D eigenvalue weighted by atomic mass is 9.97. The SMILES string of the molecule is Cc1ccc(F)cc1NCC1CCN(C)CC1. The van der Waals surface area contributed by atoms with Gasteiger partial charge in [-0.05, 0) is 63.5 Å². The van der Waals surface area contributed by atoms with Crippen LogP contribution in [0.1, 0.15) is 18.4 Å². The summed E-state index contributed by atoms with van der Waals surface area (Å²) < 4.78 is 13.1. The standard InChI is InChI=1S/C14H21FN2/c1-11-3-4-13(15)9-14(11)16-10-12-5-7-17(2)8-6-12/h3-4,9,12,16H,5-8,10H2,1-2H3. The van der Waals surface area contributed by atoms with Crippen LogP contribution in [0.4, 0.5) is 10.1 Å². The van der Waals surface area contributed by atoms with E-state index in [1.807, 2.05) is 13.0 Å². The minimum absolute atomic E-state index is 0.165. The number of halogens is 1. The van der Waals surface area contributed by atoms with Crippen molar-refractivity contribution in [1.82, 2.24) is 4.90 Å². The maximum Gasteiger partial charge on any atom is 0.125 e. The number of nitrogens with one attached hydrogen (secondary N) is 1. The van der Waals surface area contributed by atoms with Crippen molar-refractivity contribution in [2.75, 3.05) is 32.0 Å². The molecule has 17 heavy (non-hydrogen) atoms. The van der Waals surface area contributed by atoms with Gasteiger partial charge in [0.05, 0.1) is 0 Å². The van der Waals surface area contributed by atoms with E-state index in [0.29, 0.717) is 5.92 Å². The first kappa shape index (κ1) is 12.4. The number of rotatable bonds is 3. The molecule has 1 aromatic carbocycles. The van der Waals surface area contributed by atoms with Crippen molar-refractivity contribution in [1.29, 1.82) is 0 Å². The lowest BCUT2D eigenvalue weighted by Gasteiger charge is -2.29. The summed E-state index contributed by atoms with van der Waals surface area (Å²) in [5.74, 6) is 0.551. The van der Waals surface area contributed by atoms with Gasteiger partial charge in [-0.25, -0.2) is 4.39 Å². The fourth-order valence-corrected chi connectivity index (χ4v) is 2.31. The third-order valence-electron chi connectivity index (χ3n) is 3.62. The molecule has 94 valence electrons. The number of aryl methyl sites for hydroxylation is 1. The largest absolute Gasteiger partial charge is 0.384 e. The van der Waals surface area contributed by atoms with Crippen LogP contribution in [0.25, 0.3) is 0 Å². The quantitative estimate of drug-likeness (QED) is 0.868. The Balaban J connectivity index is 1.87. The lowest BCUT2D eigenvalue weighted by molar-refractivity contribution is 0.226. The van der Waals surface area contributed by atoms with E-state index in [1.165, 1.54) is 32.0 Å². The van der Waals surface area contributed by atoms with Crippen LogP contribution in [0.5, 0.6) is 0 Å². The molecule has 0 aliphatic carbocycles. The molecular weight excluding hydrogens is 215 g/mol. The second-order valence-corrected chi connectivity index (χ2v) is 5.09. The highest BCUT2D eigenvalue weighted by atomic mass is 19.1. The Kier molecular flexibility index (Phi) is 4.00. The van der Waals surface area contributed by atoms with E-state index in [1.54, 1.807) is 6.07 Å². The third kappa shape index (κ3) is 3.43. The summed E-state index contributed by atoms with van der Waals surface area (Å²) >= 11 is 0. The molecule has 0 amide bonds. The summed E-state index contributed by atoms with van der Waals surface area (Å²) in [7, 11) is 2.17. The van der Waals surface area contributed by atoms with Crippen molar-refractivity contribution >= 4 is 5.69 Å². The zero-order chi connectivity index (χ0) is 12.3. The summed E-state index contributed by atoms with van der Waals surface area (Å²) in [6, 6.07) is 4.92. The van der Waals surface area contributed by atoms with Crippen molar-refractivity contribution in [2.45, 2.75) is 19.8 Å². The van der Waals surface area contributed by atoms with Crippen LogP contribution in [-0.2, 0) is 0 Å². The molecule has 1 N–H and O–H groups in total. The van der Waals surface area contributed by atoms with E-state index in [0.717, 1.165) is 17.8 Å². The van der Waals surface area contributed by atoms with Crippen molar-refractivity contribution in [3.05, 3.63) is 29.6 Å². The first-order chi connectivity index (χ1) is 8.15. The van der Waals surface area contributed by atoms with E-state index >= 15 is 0 Å². The van der Waals surface area contributed by atoms with Crippen LogP contribution >= 0.6 is 0 Å². The van der Waals surface area contributed by atoms with Gasteiger partial charge in [-0.3, -0.25) is 0 Å². The van der Waals surface area contributed by atoms with E-state index < -0.39 is 0 Å². The number of benzene rings is 1. The first-order valence-corrected chi connectivity index (χ1v) is 6.33. The highest BCUT2D eigenvalue weighted by Gasteiger charge is 2.16. The van der Waals surface area contributed by atoms with Gasteiger partial charge in [0.15, 0.2) is 0 Å². The lowest BCUT2D eigenvalue weighted by Crippen LogP contribution is -2.33. The second-order valence-electron chi connectivity index (χ2n) is 5.09. The maximum atomic E-state index is 13.1. The molecular formula is C14H21FN2. The molecule has 2 nitrogen and oxygen atoms in total. The molecule has 0 radical (unpaired) electrons. The van der Waals surface area contributed by atoms with Crippen LogP contribution in [0.15, 0.2) is 18.2 Å². The second kappa shape index (κ2) is 5.50. The van der Waals surface area contributed by atoms with Crippen molar-refractivity contribution < 1.29 is 4.39 Å². The minimum Gasteiger partial charge on any atom is -0.384 e. The molecule has 1 aliphatic rings. The topological polar surface area (TPSA) is 15.3 Å². The monoisotopic (exact) mass is 236 g/mol. The zero-order valence-electron chi connectivity index (χ0n) is 10.7. The van der Waals surface area contributed by atoms with Crippen molar-refractivity contribution in [3.8, 4) is 0 Å². The smallest absolute Gasteiger partial charge is 0.125 e. The summed E-state index contributed by atoms with van der Waals surface area (Å²) in [6.45, 7) is 5.32. The highest BCUT2D eigenvalue weighted by molar-refractivity contribution is 5.50. The Morgan fingerprint density at radius 3 is 2.76 bits per heavy atom. The van der Waals surface area contributed by atoms with Crippen LogP contribution < -0.4 is 5.32 Å². The van der Waals surface area contributed by atoms with Gasteiger partial charge in [0.1, 0.15) is 5.82 Å². The zero-order valence-corrected chi connectivity index (χ0v) is 10.7. The molecule has 0 atom stereocenters. The maximum absolute atomic E-state index is 13.1. The number of nitrogens with zero attached hydrogens (tertiary/aromatic N) is 1. The van der Waals surface area contributed by atoms with E-state index in [9.17, 15) is 4.39 Å². The number of piperidine rings is 1. The predicted molar refractivity (Wildman–Crippen MR) is 69.8 cm³/mol. The van der Waals surface area contributed by atoms with Gasteiger partial charge in [0, 0.05) is 12.2 Å². The molecule has 2 rings (SSSR count). The van der Waals surface area contributed by atoms with Crippen molar-refractivity contribution in [3.63, 3.8) is 0 Å². The number of anilines is 1. The normalized spacial score (nSPS) is 18.3. The first-order valence-electron chi connectivity index (χ1n) is 6.33. The van der Waals surface area contributed by atoms with E-state index in [4.69, 9.17) is 0 Å². The van der Waals surface area contributed by atoms with Crippen LogP contribution in [-0.4, -0.2) is 31.6 Å². The molecule has 1 aromatic rings. The van der Waals surface area contributed by atoms with Gasteiger partial charge in [-0.1, -0.05) is 6.07 Å². The molecule has 1 fully saturated rings. The number of hydrogen-bond acceptors (Lipinski definition) is 2. The fourth-order valence-electron chi connectivity index (χ4n) is 2.31. The third-order valence-corrected chi connectivity index (χ3v) is 3.62. The molecule has 1 aliphatic heterocycles. The minimum atomic E-state index is -0.165. The Hall–Kier alpha value is -1.09. The van der Waals surface area contributed by atoms with Gasteiger partial charge in [0.25, 0.3) is 0 Å². The predicted octanol–water partition coefficient (Wildman–Crippen LogP) is 2.89. The Labute approximate surface area is 103 Å². The molecule has 0 aromatic heterocycles. The number of hydrogen-bond donors (Lipinski definition) is 1.